The van der Waals surface area contributed by atoms with Crippen LogP contribution in [-0.2, 0) is 9.57 Å². The van der Waals surface area contributed by atoms with Gasteiger partial charge in [-0.05, 0) is 0 Å². The zero-order valence-corrected chi connectivity index (χ0v) is 4.20. The van der Waals surface area contributed by atoms with Gasteiger partial charge in [0.1, 0.15) is 12.9 Å². The minimum Gasteiger partial charge on any atom is -0.496 e. The number of hydrogen-bond donors (Lipinski definition) is 0. The van der Waals surface area contributed by atoms with Crippen molar-refractivity contribution >= 4 is 6.21 Å². The van der Waals surface area contributed by atoms with Gasteiger partial charge in [0.05, 0.1) is 12.1 Å². The Balaban J connectivity index is 2.28. The summed E-state index contributed by atoms with van der Waals surface area (Å²) in [6.07, 6.45) is 3.36. The van der Waals surface area contributed by atoms with Crippen molar-refractivity contribution in [3.8, 4) is 0 Å². The van der Waals surface area contributed by atoms with Crippen LogP contribution in [0.25, 0.3) is 0 Å². The topological polar surface area (TPSA) is 30.8 Å². The van der Waals surface area contributed by atoms with Crippen LogP contribution in [0.15, 0.2) is 17.2 Å². The first-order valence-corrected chi connectivity index (χ1v) is 2.49. The van der Waals surface area contributed by atoms with Crippen LogP contribution in [0.5, 0.6) is 0 Å². The van der Waals surface area contributed by atoms with Crippen LogP contribution in [-0.4, -0.2) is 12.8 Å². The Morgan fingerprint density at radius 1 is 1.75 bits per heavy atom. The maximum atomic E-state index is 4.93. The summed E-state index contributed by atoms with van der Waals surface area (Å²) in [4.78, 5) is 4.78. The fourth-order valence-corrected chi connectivity index (χ4v) is 0.774. The molecule has 0 aromatic carbocycles. The largest absolute Gasteiger partial charge is 0.496 e. The van der Waals surface area contributed by atoms with E-state index in [4.69, 9.17) is 9.57 Å². The fraction of sp³-hybridized carbons (Fsp3) is 0.400. The molecule has 0 amide bonds. The second-order valence-corrected chi connectivity index (χ2v) is 1.81. The van der Waals surface area contributed by atoms with Crippen molar-refractivity contribution in [1.29, 1.82) is 0 Å². The molecule has 2 aliphatic rings. The van der Waals surface area contributed by atoms with Crippen molar-refractivity contribution < 1.29 is 9.57 Å². The highest BCUT2D eigenvalue weighted by molar-refractivity contribution is 5.66. The van der Waals surface area contributed by atoms with Gasteiger partial charge in [-0.1, -0.05) is 5.16 Å². The third-order valence-electron chi connectivity index (χ3n) is 1.24. The average Bonchev–Trinajstić information content (AvgIpc) is 2.15. The lowest BCUT2D eigenvalue weighted by Crippen LogP contribution is -1.99. The number of nitrogens with zero attached hydrogens (tertiary/aromatic N) is 1. The van der Waals surface area contributed by atoms with Crippen LogP contribution in [0, 0.1) is 5.92 Å². The van der Waals surface area contributed by atoms with E-state index in [0.29, 0.717) is 12.5 Å². The second kappa shape index (κ2) is 1.24. The number of ether oxygens (including phenoxy) is 1. The minimum atomic E-state index is 0.301. The molecule has 2 rings (SSSR count). The molecule has 42 valence electrons. The van der Waals surface area contributed by atoms with Crippen molar-refractivity contribution in [2.75, 3.05) is 6.61 Å². The van der Waals surface area contributed by atoms with Crippen molar-refractivity contribution in [2.45, 2.75) is 0 Å². The molecule has 2 heterocycles. The molecule has 0 saturated carbocycles. The smallest absolute Gasteiger partial charge is 0.181 e. The summed E-state index contributed by atoms with van der Waals surface area (Å²) < 4.78 is 4.93. The minimum absolute atomic E-state index is 0.301. The molecule has 0 fully saturated rings. The first-order valence-electron chi connectivity index (χ1n) is 2.49. The Morgan fingerprint density at radius 2 is 2.75 bits per heavy atom. The highest BCUT2D eigenvalue weighted by atomic mass is 16.6. The Labute approximate surface area is 46.6 Å². The van der Waals surface area contributed by atoms with Crippen molar-refractivity contribution in [2.24, 2.45) is 11.1 Å². The molecule has 0 bridgehead atoms. The third-order valence-corrected chi connectivity index (χ3v) is 1.24. The molecular formula is C5H5NO2. The predicted octanol–water partition coefficient (Wildman–Crippen LogP) is 0.490. The molecule has 0 aromatic rings. The van der Waals surface area contributed by atoms with Crippen molar-refractivity contribution in [3.63, 3.8) is 0 Å². The summed E-state index contributed by atoms with van der Waals surface area (Å²) in [7, 11) is 0. The van der Waals surface area contributed by atoms with E-state index in [-0.39, 0.29) is 0 Å². The lowest BCUT2D eigenvalue weighted by Gasteiger charge is -1.90. The van der Waals surface area contributed by atoms with Gasteiger partial charge < -0.3 is 9.57 Å². The molecule has 0 N–H and O–H groups in total. The zero-order valence-electron chi connectivity index (χ0n) is 4.20. The van der Waals surface area contributed by atoms with E-state index < -0.39 is 0 Å². The van der Waals surface area contributed by atoms with Gasteiger partial charge in [0, 0.05) is 0 Å². The fourth-order valence-electron chi connectivity index (χ4n) is 0.774. The molecular weight excluding hydrogens is 106 g/mol. The van der Waals surface area contributed by atoms with E-state index in [2.05, 4.69) is 5.16 Å². The lowest BCUT2D eigenvalue weighted by atomic mass is 10.2. The quantitative estimate of drug-likeness (QED) is 0.455. The van der Waals surface area contributed by atoms with Gasteiger partial charge in [0.2, 0.25) is 0 Å². The summed E-state index contributed by atoms with van der Waals surface area (Å²) in [5.41, 5.74) is 0. The van der Waals surface area contributed by atoms with Crippen LogP contribution >= 0.6 is 0 Å². The summed E-state index contributed by atoms with van der Waals surface area (Å²) in [6.45, 7) is 0.693. The highest BCUT2D eigenvalue weighted by Crippen LogP contribution is 2.22. The SMILES string of the molecule is C1=NOC2=COCC12. The third kappa shape index (κ3) is 0.358. The van der Waals surface area contributed by atoms with Crippen molar-refractivity contribution in [3.05, 3.63) is 12.0 Å². The lowest BCUT2D eigenvalue weighted by molar-refractivity contribution is 0.237. The highest BCUT2D eigenvalue weighted by Gasteiger charge is 2.25. The van der Waals surface area contributed by atoms with Crippen LogP contribution < -0.4 is 0 Å². The van der Waals surface area contributed by atoms with E-state index in [1.807, 2.05) is 0 Å². The van der Waals surface area contributed by atoms with E-state index >= 15 is 0 Å². The molecule has 1 unspecified atom stereocenters. The zero-order chi connectivity index (χ0) is 5.40. The molecule has 2 aliphatic heterocycles. The first-order chi connectivity index (χ1) is 3.97. The monoisotopic (exact) mass is 111 g/mol. The molecule has 0 aromatic heterocycles. The number of rotatable bonds is 0. The number of hydrogen-bond acceptors (Lipinski definition) is 3. The maximum absolute atomic E-state index is 4.93. The Bertz CT molecular complexity index is 162. The molecule has 0 spiro atoms. The predicted molar refractivity (Wildman–Crippen MR) is 27.1 cm³/mol. The van der Waals surface area contributed by atoms with Gasteiger partial charge in [0.25, 0.3) is 0 Å². The summed E-state index contributed by atoms with van der Waals surface area (Å²) in [5, 5.41) is 3.59. The summed E-state index contributed by atoms with van der Waals surface area (Å²) in [6, 6.07) is 0. The van der Waals surface area contributed by atoms with Crippen LogP contribution in [0.2, 0.25) is 0 Å². The molecule has 1 atom stereocenters. The van der Waals surface area contributed by atoms with E-state index in [0.717, 1.165) is 5.76 Å². The van der Waals surface area contributed by atoms with E-state index in [1.54, 1.807) is 12.5 Å². The van der Waals surface area contributed by atoms with Gasteiger partial charge in [-0.15, -0.1) is 0 Å². The maximum Gasteiger partial charge on any atom is 0.181 e. The van der Waals surface area contributed by atoms with Gasteiger partial charge in [0.15, 0.2) is 5.76 Å². The molecule has 0 saturated heterocycles. The van der Waals surface area contributed by atoms with E-state index in [1.165, 1.54) is 0 Å². The molecule has 3 nitrogen and oxygen atoms in total. The van der Waals surface area contributed by atoms with E-state index in [9.17, 15) is 0 Å². The van der Waals surface area contributed by atoms with Gasteiger partial charge in [-0.2, -0.15) is 0 Å². The van der Waals surface area contributed by atoms with Crippen molar-refractivity contribution in [1.82, 2.24) is 0 Å². The van der Waals surface area contributed by atoms with Gasteiger partial charge in [-0.25, -0.2) is 0 Å². The molecule has 0 aliphatic carbocycles. The summed E-state index contributed by atoms with van der Waals surface area (Å²) in [5.74, 6) is 1.14. The molecule has 8 heavy (non-hydrogen) atoms. The van der Waals surface area contributed by atoms with Crippen LogP contribution in [0.4, 0.5) is 0 Å². The molecule has 3 heteroatoms. The first kappa shape index (κ1) is 3.95. The molecule has 0 radical (unpaired) electrons. The Hall–Kier alpha value is -0.990. The van der Waals surface area contributed by atoms with Crippen LogP contribution in [0.3, 0.4) is 0 Å². The second-order valence-electron chi connectivity index (χ2n) is 1.81. The number of oxime groups is 1. The van der Waals surface area contributed by atoms with Crippen LogP contribution in [0.1, 0.15) is 0 Å². The Morgan fingerprint density at radius 3 is 3.62 bits per heavy atom. The standard InChI is InChI=1S/C5H5NO2/c1-4-2-7-3-5(4)8-6-1/h1,3-4H,2H2. The summed E-state index contributed by atoms with van der Waals surface area (Å²) >= 11 is 0. The normalized spacial score (nSPS) is 31.0. The van der Waals surface area contributed by atoms with Gasteiger partial charge >= 0.3 is 0 Å². The average molecular weight is 111 g/mol. The Kier molecular flexibility index (Phi) is 0.614. The number of fused-ring (bicyclic) bond motifs is 1. The van der Waals surface area contributed by atoms with Gasteiger partial charge in [-0.3, -0.25) is 0 Å².